The highest BCUT2D eigenvalue weighted by Gasteiger charge is 2.18. The molecule has 202 valence electrons. The zero-order valence-electron chi connectivity index (χ0n) is 23.6. The fourth-order valence-corrected chi connectivity index (χ4v) is 5.59. The van der Waals surface area contributed by atoms with Crippen molar-refractivity contribution >= 4 is 33.1 Å². The van der Waals surface area contributed by atoms with E-state index < -0.39 is 0 Å². The van der Waals surface area contributed by atoms with Crippen LogP contribution in [-0.2, 0) is 0 Å². The SMILES string of the molecule is C=C1/C=C\C=C/N(C2=CC=C(Oc3ccc(-n4c5ccccc5c5ccccc54)cc3)CC2)c2ccccc21.CC. The van der Waals surface area contributed by atoms with Gasteiger partial charge >= 0.3 is 0 Å². The third-order valence-electron chi connectivity index (χ3n) is 7.48. The number of allylic oxidation sites excluding steroid dienone is 8. The lowest BCUT2D eigenvalue weighted by atomic mass is 10.0. The Morgan fingerprint density at radius 3 is 2.02 bits per heavy atom. The summed E-state index contributed by atoms with van der Waals surface area (Å²) in [6.45, 7) is 8.25. The van der Waals surface area contributed by atoms with Crippen molar-refractivity contribution in [1.82, 2.24) is 4.57 Å². The molecule has 0 fully saturated rings. The van der Waals surface area contributed by atoms with Crippen molar-refractivity contribution in [3.8, 4) is 11.4 Å². The largest absolute Gasteiger partial charge is 0.462 e. The molecule has 3 heteroatoms. The predicted molar refractivity (Wildman–Crippen MR) is 174 cm³/mol. The first-order valence-corrected chi connectivity index (χ1v) is 14.3. The summed E-state index contributed by atoms with van der Waals surface area (Å²) >= 11 is 0. The topological polar surface area (TPSA) is 17.4 Å². The highest BCUT2D eigenvalue weighted by atomic mass is 16.5. The molecule has 1 aromatic heterocycles. The van der Waals surface area contributed by atoms with Gasteiger partial charge in [0.2, 0.25) is 0 Å². The normalized spacial score (nSPS) is 16.0. The summed E-state index contributed by atoms with van der Waals surface area (Å²) in [4.78, 5) is 2.26. The summed E-state index contributed by atoms with van der Waals surface area (Å²) in [5.41, 5.74) is 8.08. The van der Waals surface area contributed by atoms with E-state index in [2.05, 4.69) is 144 Å². The standard InChI is InChI=1S/C36H28N2O.C2H6/c1-26-10-8-9-25-37(34-14-5-2-11-31(26)34)27-17-21-29(22-18-27)39-30-23-19-28(20-24-30)38-35-15-6-3-12-32(35)33-13-4-7-16-36(33)38;1-2/h2-17,19-21,23-25H,1,18,22H2;1-2H3/b10-8-,25-9-;. The first kappa shape index (κ1) is 26.2. The molecule has 4 aromatic carbocycles. The predicted octanol–water partition coefficient (Wildman–Crippen LogP) is 10.4. The molecular formula is C38H34N2O. The van der Waals surface area contributed by atoms with Crippen LogP contribution in [0.3, 0.4) is 0 Å². The summed E-state index contributed by atoms with van der Waals surface area (Å²) in [6.07, 6.45) is 14.3. The molecule has 2 heterocycles. The van der Waals surface area contributed by atoms with Crippen LogP contribution < -0.4 is 9.64 Å². The van der Waals surface area contributed by atoms with E-state index in [1.807, 2.05) is 19.9 Å². The second-order valence-corrected chi connectivity index (χ2v) is 9.87. The summed E-state index contributed by atoms with van der Waals surface area (Å²) < 4.78 is 8.64. The van der Waals surface area contributed by atoms with Gasteiger partial charge in [-0.15, -0.1) is 0 Å². The van der Waals surface area contributed by atoms with Gasteiger partial charge in [0.05, 0.1) is 16.7 Å². The number of anilines is 1. The highest BCUT2D eigenvalue weighted by molar-refractivity contribution is 6.09. The van der Waals surface area contributed by atoms with E-state index in [1.54, 1.807) is 0 Å². The summed E-state index contributed by atoms with van der Waals surface area (Å²) in [7, 11) is 0. The fourth-order valence-electron chi connectivity index (χ4n) is 5.59. The third-order valence-corrected chi connectivity index (χ3v) is 7.48. The van der Waals surface area contributed by atoms with E-state index in [-0.39, 0.29) is 0 Å². The lowest BCUT2D eigenvalue weighted by Gasteiger charge is -2.29. The summed E-state index contributed by atoms with van der Waals surface area (Å²) in [6, 6.07) is 34.0. The van der Waals surface area contributed by atoms with E-state index in [0.717, 1.165) is 46.9 Å². The minimum absolute atomic E-state index is 0.837. The molecule has 0 bridgehead atoms. The van der Waals surface area contributed by atoms with E-state index in [1.165, 1.54) is 27.5 Å². The molecule has 0 saturated carbocycles. The average Bonchev–Trinajstić information content (AvgIpc) is 3.37. The van der Waals surface area contributed by atoms with Crippen molar-refractivity contribution in [2.75, 3.05) is 4.90 Å². The minimum atomic E-state index is 0.837. The number of para-hydroxylation sites is 3. The lowest BCUT2D eigenvalue weighted by molar-refractivity contribution is 0.400. The number of hydrogen-bond donors (Lipinski definition) is 0. The minimum Gasteiger partial charge on any atom is -0.462 e. The number of benzene rings is 4. The number of nitrogens with zero attached hydrogens (tertiary/aromatic N) is 2. The molecule has 0 spiro atoms. The number of rotatable bonds is 4. The van der Waals surface area contributed by atoms with E-state index in [0.29, 0.717) is 0 Å². The van der Waals surface area contributed by atoms with Gasteiger partial charge in [-0.1, -0.05) is 87.2 Å². The average molecular weight is 535 g/mol. The molecule has 0 unspecified atom stereocenters. The molecule has 5 aromatic rings. The van der Waals surface area contributed by atoms with Crippen LogP contribution in [0.5, 0.6) is 5.75 Å². The van der Waals surface area contributed by atoms with E-state index in [9.17, 15) is 0 Å². The smallest absolute Gasteiger partial charge is 0.127 e. The highest BCUT2D eigenvalue weighted by Crippen LogP contribution is 2.35. The van der Waals surface area contributed by atoms with Crippen LogP contribution >= 0.6 is 0 Å². The van der Waals surface area contributed by atoms with Crippen LogP contribution in [-0.4, -0.2) is 4.57 Å². The van der Waals surface area contributed by atoms with Crippen molar-refractivity contribution in [2.24, 2.45) is 0 Å². The molecule has 0 radical (unpaired) electrons. The van der Waals surface area contributed by atoms with Gasteiger partial charge in [0.1, 0.15) is 11.5 Å². The van der Waals surface area contributed by atoms with Crippen molar-refractivity contribution in [3.05, 3.63) is 157 Å². The molecule has 0 saturated heterocycles. The Bertz CT molecular complexity index is 1790. The zero-order valence-corrected chi connectivity index (χ0v) is 23.6. The van der Waals surface area contributed by atoms with Crippen molar-refractivity contribution in [2.45, 2.75) is 26.7 Å². The first-order chi connectivity index (χ1) is 20.3. The molecular weight excluding hydrogens is 500 g/mol. The lowest BCUT2D eigenvalue weighted by Crippen LogP contribution is -2.19. The number of fused-ring (bicyclic) bond motifs is 4. The van der Waals surface area contributed by atoms with Gasteiger partial charge in [-0.05, 0) is 72.7 Å². The van der Waals surface area contributed by atoms with Gasteiger partial charge in [-0.25, -0.2) is 0 Å². The number of ether oxygens (including phenoxy) is 1. The Kier molecular flexibility index (Phi) is 7.42. The summed E-state index contributed by atoms with van der Waals surface area (Å²) in [5, 5.41) is 2.53. The maximum Gasteiger partial charge on any atom is 0.127 e. The molecule has 3 nitrogen and oxygen atoms in total. The van der Waals surface area contributed by atoms with Crippen LogP contribution in [0.25, 0.3) is 33.1 Å². The van der Waals surface area contributed by atoms with E-state index in [4.69, 9.17) is 4.74 Å². The molecule has 7 rings (SSSR count). The van der Waals surface area contributed by atoms with E-state index >= 15 is 0 Å². The fraction of sp³-hybridized carbons (Fsp3) is 0.105. The number of hydrogen-bond acceptors (Lipinski definition) is 2. The van der Waals surface area contributed by atoms with Gasteiger partial charge in [0, 0.05) is 40.3 Å². The van der Waals surface area contributed by atoms with Gasteiger partial charge in [-0.3, -0.25) is 0 Å². The molecule has 41 heavy (non-hydrogen) atoms. The second-order valence-electron chi connectivity index (χ2n) is 9.87. The van der Waals surface area contributed by atoms with Gasteiger partial charge in [0.25, 0.3) is 0 Å². The molecule has 1 aliphatic carbocycles. The monoisotopic (exact) mass is 534 g/mol. The van der Waals surface area contributed by atoms with Crippen LogP contribution in [0, 0.1) is 0 Å². The van der Waals surface area contributed by atoms with Crippen LogP contribution in [0.15, 0.2) is 152 Å². The zero-order chi connectivity index (χ0) is 28.2. The van der Waals surface area contributed by atoms with Gasteiger partial charge in [0.15, 0.2) is 0 Å². The molecule has 0 atom stereocenters. The van der Waals surface area contributed by atoms with Crippen molar-refractivity contribution in [3.63, 3.8) is 0 Å². The Labute approximate surface area is 242 Å². The van der Waals surface area contributed by atoms with Crippen LogP contribution in [0.1, 0.15) is 32.3 Å². The second kappa shape index (κ2) is 11.6. The van der Waals surface area contributed by atoms with Gasteiger partial charge < -0.3 is 14.2 Å². The van der Waals surface area contributed by atoms with Crippen LogP contribution in [0.2, 0.25) is 0 Å². The Morgan fingerprint density at radius 2 is 1.34 bits per heavy atom. The molecule has 2 aliphatic rings. The molecule has 0 amide bonds. The van der Waals surface area contributed by atoms with Crippen molar-refractivity contribution in [1.29, 1.82) is 0 Å². The van der Waals surface area contributed by atoms with Gasteiger partial charge in [-0.2, -0.15) is 0 Å². The quantitative estimate of drug-likeness (QED) is 0.228. The Morgan fingerprint density at radius 1 is 0.683 bits per heavy atom. The van der Waals surface area contributed by atoms with Crippen molar-refractivity contribution < 1.29 is 4.74 Å². The third kappa shape index (κ3) is 5.03. The Balaban J connectivity index is 0.00000148. The Hall–Kier alpha value is -5.02. The first-order valence-electron chi connectivity index (χ1n) is 14.3. The maximum absolute atomic E-state index is 6.31. The summed E-state index contributed by atoms with van der Waals surface area (Å²) in [5.74, 6) is 1.82. The molecule has 1 aliphatic heterocycles. The van der Waals surface area contributed by atoms with Crippen LogP contribution in [0.4, 0.5) is 5.69 Å². The molecule has 0 N–H and O–H groups in total. The number of aromatic nitrogens is 1. The maximum atomic E-state index is 6.31.